The lowest BCUT2D eigenvalue weighted by Crippen LogP contribution is -2.31. The number of sulfonamides is 1. The van der Waals surface area contributed by atoms with Gasteiger partial charge in [-0.15, -0.1) is 0 Å². The molecule has 11 heteroatoms. The summed E-state index contributed by atoms with van der Waals surface area (Å²) in [6.45, 7) is 1.31. The van der Waals surface area contributed by atoms with E-state index in [1.54, 1.807) is 19.1 Å². The lowest BCUT2D eigenvalue weighted by atomic mass is 10.2. The number of hydrogen-bond acceptors (Lipinski definition) is 5. The van der Waals surface area contributed by atoms with Gasteiger partial charge in [0.25, 0.3) is 10.0 Å². The fourth-order valence-electron chi connectivity index (χ4n) is 2.77. The fraction of sp³-hybridized carbons (Fsp3) is 0.211. The minimum Gasteiger partial charge on any atom is -0.495 e. The van der Waals surface area contributed by atoms with Crippen LogP contribution in [0.5, 0.6) is 5.75 Å². The minimum atomic E-state index is -4.74. The van der Waals surface area contributed by atoms with Gasteiger partial charge in [0.05, 0.1) is 29.9 Å². The summed E-state index contributed by atoms with van der Waals surface area (Å²) >= 11 is 6.00. The first-order valence-corrected chi connectivity index (χ1v) is 10.3. The first-order chi connectivity index (χ1) is 14.0. The molecule has 0 radical (unpaired) electrons. The van der Waals surface area contributed by atoms with Crippen molar-refractivity contribution in [2.24, 2.45) is 0 Å². The van der Waals surface area contributed by atoms with E-state index >= 15 is 0 Å². The summed E-state index contributed by atoms with van der Waals surface area (Å²) in [6.07, 6.45) is -4.74. The number of halogens is 4. The van der Waals surface area contributed by atoms with E-state index in [0.29, 0.717) is 11.8 Å². The highest BCUT2D eigenvalue weighted by atomic mass is 35.5. The predicted octanol–water partition coefficient (Wildman–Crippen LogP) is 5.06. The third-order valence-corrected chi connectivity index (χ3v) is 6.40. The summed E-state index contributed by atoms with van der Waals surface area (Å²) in [5.74, 6) is 0.642. The van der Waals surface area contributed by atoms with Crippen LogP contribution in [0.1, 0.15) is 17.0 Å². The molecule has 1 heterocycles. The smallest absolute Gasteiger partial charge is 0.416 e. The van der Waals surface area contributed by atoms with Crippen LogP contribution >= 0.6 is 11.6 Å². The van der Waals surface area contributed by atoms with Crippen LogP contribution in [0.15, 0.2) is 57.9 Å². The van der Waals surface area contributed by atoms with Crippen molar-refractivity contribution in [3.8, 4) is 5.75 Å². The number of ether oxygens (including phenoxy) is 1. The third kappa shape index (κ3) is 4.39. The lowest BCUT2D eigenvalue weighted by molar-refractivity contribution is -0.137. The van der Waals surface area contributed by atoms with Crippen LogP contribution in [-0.4, -0.2) is 20.7 Å². The lowest BCUT2D eigenvalue weighted by Gasteiger charge is -2.26. The SMILES string of the molecule is COc1ccccc1N(Cc1cc(C)on1)S(=O)(=O)c1cc(C(F)(F)F)ccc1Cl. The summed E-state index contributed by atoms with van der Waals surface area (Å²) in [7, 11) is -3.20. The van der Waals surface area contributed by atoms with Crippen LogP contribution in [0.3, 0.4) is 0 Å². The van der Waals surface area contributed by atoms with Crippen molar-refractivity contribution in [3.05, 3.63) is 70.6 Å². The molecule has 30 heavy (non-hydrogen) atoms. The zero-order valence-corrected chi connectivity index (χ0v) is 17.3. The average Bonchev–Trinajstić information content (AvgIpc) is 3.10. The molecule has 1 aromatic heterocycles. The Morgan fingerprint density at radius 1 is 1.17 bits per heavy atom. The summed E-state index contributed by atoms with van der Waals surface area (Å²) in [5, 5.41) is 3.44. The van der Waals surface area contributed by atoms with Crippen LogP contribution < -0.4 is 9.04 Å². The molecule has 2 aromatic carbocycles. The predicted molar refractivity (Wildman–Crippen MR) is 104 cm³/mol. The maximum absolute atomic E-state index is 13.5. The molecule has 0 saturated carbocycles. The Kier molecular flexibility index (Phi) is 6.00. The van der Waals surface area contributed by atoms with Gasteiger partial charge >= 0.3 is 6.18 Å². The highest BCUT2D eigenvalue weighted by Gasteiger charge is 2.35. The maximum atomic E-state index is 13.5. The van der Waals surface area contributed by atoms with Gasteiger partial charge in [-0.2, -0.15) is 13.2 Å². The van der Waals surface area contributed by atoms with Crippen molar-refractivity contribution in [1.82, 2.24) is 5.16 Å². The zero-order chi connectivity index (χ0) is 22.1. The largest absolute Gasteiger partial charge is 0.495 e. The van der Waals surface area contributed by atoms with Crippen molar-refractivity contribution in [3.63, 3.8) is 0 Å². The number of nitrogens with zero attached hydrogens (tertiary/aromatic N) is 2. The van der Waals surface area contributed by atoms with Gasteiger partial charge in [-0.1, -0.05) is 28.9 Å². The van der Waals surface area contributed by atoms with E-state index in [2.05, 4.69) is 5.16 Å². The molecule has 6 nitrogen and oxygen atoms in total. The average molecular weight is 461 g/mol. The van der Waals surface area contributed by atoms with Crippen molar-refractivity contribution in [2.45, 2.75) is 24.5 Å². The number of anilines is 1. The Balaban J connectivity index is 2.20. The van der Waals surface area contributed by atoms with Crippen LogP contribution in [0, 0.1) is 6.92 Å². The second-order valence-corrected chi connectivity index (χ2v) is 8.49. The van der Waals surface area contributed by atoms with Gasteiger partial charge in [-0.3, -0.25) is 4.31 Å². The Labute approximate surface area is 175 Å². The van der Waals surface area contributed by atoms with Gasteiger partial charge in [0.2, 0.25) is 0 Å². The number of methoxy groups -OCH3 is 1. The number of para-hydroxylation sites is 2. The Morgan fingerprint density at radius 2 is 1.87 bits per heavy atom. The molecule has 0 unspecified atom stereocenters. The molecule has 0 fully saturated rings. The highest BCUT2D eigenvalue weighted by Crippen LogP contribution is 2.38. The topological polar surface area (TPSA) is 72.6 Å². The minimum absolute atomic E-state index is 0.106. The molecule has 0 aliphatic rings. The third-order valence-electron chi connectivity index (χ3n) is 4.16. The van der Waals surface area contributed by atoms with E-state index < -0.39 is 26.7 Å². The second-order valence-electron chi connectivity index (χ2n) is 6.26. The fourth-order valence-corrected chi connectivity index (χ4v) is 4.72. The first-order valence-electron chi connectivity index (χ1n) is 8.48. The molecule has 0 aliphatic carbocycles. The van der Waals surface area contributed by atoms with Gasteiger partial charge in [-0.05, 0) is 37.3 Å². The molecule has 0 aliphatic heterocycles. The van der Waals surface area contributed by atoms with Crippen LogP contribution in [-0.2, 0) is 22.7 Å². The molecule has 0 spiro atoms. The molecular weight excluding hydrogens is 445 g/mol. The zero-order valence-electron chi connectivity index (χ0n) is 15.8. The first kappa shape index (κ1) is 22.0. The highest BCUT2D eigenvalue weighted by molar-refractivity contribution is 7.93. The molecule has 0 atom stereocenters. The number of rotatable bonds is 6. The van der Waals surface area contributed by atoms with Gasteiger partial charge in [-0.25, -0.2) is 8.42 Å². The Bertz CT molecular complexity index is 1160. The van der Waals surface area contributed by atoms with E-state index in [-0.39, 0.29) is 28.7 Å². The van der Waals surface area contributed by atoms with Crippen molar-refractivity contribution in [1.29, 1.82) is 0 Å². The molecular formula is C19H16ClF3N2O4S. The number of aromatic nitrogens is 1. The van der Waals surface area contributed by atoms with Crippen molar-refractivity contribution in [2.75, 3.05) is 11.4 Å². The molecule has 0 saturated heterocycles. The Hall–Kier alpha value is -2.72. The monoisotopic (exact) mass is 460 g/mol. The number of benzene rings is 2. The summed E-state index contributed by atoms with van der Waals surface area (Å²) in [5.41, 5.74) is -0.776. The molecule has 0 bridgehead atoms. The van der Waals surface area contributed by atoms with E-state index in [9.17, 15) is 21.6 Å². The van der Waals surface area contributed by atoms with Crippen molar-refractivity contribution < 1.29 is 30.8 Å². The molecule has 0 N–H and O–H groups in total. The Morgan fingerprint density at radius 3 is 2.47 bits per heavy atom. The maximum Gasteiger partial charge on any atom is 0.416 e. The number of aryl methyl sites for hydroxylation is 1. The van der Waals surface area contributed by atoms with Crippen LogP contribution in [0.2, 0.25) is 5.02 Å². The summed E-state index contributed by atoms with van der Waals surface area (Å²) in [4.78, 5) is -0.690. The molecule has 0 amide bonds. The molecule has 160 valence electrons. The van der Waals surface area contributed by atoms with E-state index in [0.717, 1.165) is 16.4 Å². The van der Waals surface area contributed by atoms with Gasteiger partial charge < -0.3 is 9.26 Å². The van der Waals surface area contributed by atoms with E-state index in [4.69, 9.17) is 20.9 Å². The van der Waals surface area contributed by atoms with E-state index in [1.807, 2.05) is 0 Å². The second kappa shape index (κ2) is 8.19. The van der Waals surface area contributed by atoms with Gasteiger partial charge in [0, 0.05) is 6.07 Å². The van der Waals surface area contributed by atoms with Crippen LogP contribution in [0.25, 0.3) is 0 Å². The van der Waals surface area contributed by atoms with Crippen LogP contribution in [0.4, 0.5) is 18.9 Å². The summed E-state index contributed by atoms with van der Waals surface area (Å²) < 4.78 is 77.6. The van der Waals surface area contributed by atoms with E-state index in [1.165, 1.54) is 25.3 Å². The quantitative estimate of drug-likeness (QED) is 0.514. The van der Waals surface area contributed by atoms with Gasteiger partial charge in [0.15, 0.2) is 0 Å². The number of hydrogen-bond donors (Lipinski definition) is 0. The van der Waals surface area contributed by atoms with Gasteiger partial charge in [0.1, 0.15) is 22.1 Å². The molecule has 3 aromatic rings. The van der Waals surface area contributed by atoms with Crippen molar-refractivity contribution >= 4 is 27.3 Å². The molecule has 3 rings (SSSR count). The standard InChI is InChI=1S/C19H16ClF3N2O4S/c1-12-9-14(24-29-12)11-25(16-5-3-4-6-17(16)28-2)30(26,27)18-10-13(19(21,22)23)7-8-15(18)20/h3-10H,11H2,1-2H3. The number of alkyl halides is 3. The normalized spacial score (nSPS) is 12.1. The summed E-state index contributed by atoms with van der Waals surface area (Å²) in [6, 6.07) is 9.84.